The number of nitrogens with one attached hydrogen (secondary N) is 2. The van der Waals surface area contributed by atoms with E-state index in [0.29, 0.717) is 11.3 Å². The van der Waals surface area contributed by atoms with Crippen molar-refractivity contribution in [2.45, 2.75) is 0 Å². The number of carbonyl (C=O) groups excluding carboxylic acids is 1. The molecule has 0 bridgehead atoms. The second kappa shape index (κ2) is 7.51. The lowest BCUT2D eigenvalue weighted by Crippen LogP contribution is -2.34. The molecule has 3 aromatic carbocycles. The molecule has 0 aromatic heterocycles. The van der Waals surface area contributed by atoms with Crippen LogP contribution in [0.3, 0.4) is 0 Å². The van der Waals surface area contributed by atoms with Crippen molar-refractivity contribution in [2.75, 3.05) is 5.32 Å². The van der Waals surface area contributed by atoms with Crippen molar-refractivity contribution in [3.63, 3.8) is 0 Å². The van der Waals surface area contributed by atoms with Crippen molar-refractivity contribution in [1.82, 2.24) is 5.32 Å². The van der Waals surface area contributed by atoms with Crippen LogP contribution < -0.4 is 10.6 Å². The maximum atomic E-state index is 12.5. The van der Waals surface area contributed by atoms with E-state index >= 15 is 0 Å². The Kier molecular flexibility index (Phi) is 5.16. The van der Waals surface area contributed by atoms with E-state index in [2.05, 4.69) is 10.6 Å². The summed E-state index contributed by atoms with van der Waals surface area (Å²) in [5, 5.41) is 16.4. The first kappa shape index (κ1) is 17.8. The van der Waals surface area contributed by atoms with Crippen LogP contribution in [0.2, 0.25) is 5.02 Å². The minimum Gasteiger partial charge on any atom is -0.478 e. The summed E-state index contributed by atoms with van der Waals surface area (Å²) in [5.74, 6) is -1.50. The van der Waals surface area contributed by atoms with Crippen LogP contribution in [0.25, 0.3) is 10.8 Å². The van der Waals surface area contributed by atoms with Crippen molar-refractivity contribution in [3.8, 4) is 0 Å². The van der Waals surface area contributed by atoms with Gasteiger partial charge in [0, 0.05) is 11.3 Å². The van der Waals surface area contributed by atoms with E-state index in [9.17, 15) is 9.59 Å². The van der Waals surface area contributed by atoms with Gasteiger partial charge in [-0.3, -0.25) is 10.1 Å². The molecule has 0 unspecified atom stereocenters. The summed E-state index contributed by atoms with van der Waals surface area (Å²) in [7, 11) is 0. The van der Waals surface area contributed by atoms with Gasteiger partial charge in [0.2, 0.25) is 0 Å². The van der Waals surface area contributed by atoms with Crippen molar-refractivity contribution >= 4 is 57.3 Å². The number of benzene rings is 3. The molecule has 3 rings (SSSR count). The molecule has 130 valence electrons. The van der Waals surface area contributed by atoms with Crippen LogP contribution in [-0.2, 0) is 0 Å². The van der Waals surface area contributed by atoms with Crippen molar-refractivity contribution in [1.29, 1.82) is 0 Å². The summed E-state index contributed by atoms with van der Waals surface area (Å²) in [6.45, 7) is 0. The predicted octanol–water partition coefficient (Wildman–Crippen LogP) is 4.32. The van der Waals surface area contributed by atoms with E-state index in [1.54, 1.807) is 18.2 Å². The number of rotatable bonds is 3. The van der Waals surface area contributed by atoms with E-state index in [0.717, 1.165) is 10.8 Å². The molecular formula is C19H13ClN2O3S. The van der Waals surface area contributed by atoms with E-state index in [-0.39, 0.29) is 21.6 Å². The average molecular weight is 385 g/mol. The summed E-state index contributed by atoms with van der Waals surface area (Å²) in [4.78, 5) is 23.7. The minimum absolute atomic E-state index is 0.0557. The monoisotopic (exact) mass is 384 g/mol. The Labute approximate surface area is 159 Å². The van der Waals surface area contributed by atoms with E-state index < -0.39 is 5.97 Å². The van der Waals surface area contributed by atoms with Crippen molar-refractivity contribution in [3.05, 3.63) is 76.8 Å². The van der Waals surface area contributed by atoms with E-state index in [1.165, 1.54) is 12.1 Å². The molecule has 0 radical (unpaired) electrons. The normalized spacial score (nSPS) is 10.3. The van der Waals surface area contributed by atoms with Crippen LogP contribution in [0.5, 0.6) is 0 Å². The van der Waals surface area contributed by atoms with Crippen LogP contribution >= 0.6 is 23.8 Å². The zero-order valence-corrected chi connectivity index (χ0v) is 14.9. The molecule has 0 saturated carbocycles. The molecule has 26 heavy (non-hydrogen) atoms. The first-order valence-corrected chi connectivity index (χ1v) is 8.37. The van der Waals surface area contributed by atoms with E-state index in [1.807, 2.05) is 30.3 Å². The van der Waals surface area contributed by atoms with Gasteiger partial charge in [-0.25, -0.2) is 4.79 Å². The summed E-state index contributed by atoms with van der Waals surface area (Å²) >= 11 is 11.0. The van der Waals surface area contributed by atoms with Gasteiger partial charge in [-0.2, -0.15) is 0 Å². The number of thiocarbonyl (C=S) groups is 1. The van der Waals surface area contributed by atoms with Gasteiger partial charge < -0.3 is 10.4 Å². The topological polar surface area (TPSA) is 78.4 Å². The lowest BCUT2D eigenvalue weighted by Gasteiger charge is -2.12. The summed E-state index contributed by atoms with van der Waals surface area (Å²) in [6.07, 6.45) is 0. The Bertz CT molecular complexity index is 1030. The Morgan fingerprint density at radius 3 is 2.46 bits per heavy atom. The molecule has 7 heteroatoms. The van der Waals surface area contributed by atoms with Gasteiger partial charge in [0.1, 0.15) is 0 Å². The molecule has 0 aliphatic rings. The smallest absolute Gasteiger partial charge is 0.337 e. The highest BCUT2D eigenvalue weighted by Gasteiger charge is 2.13. The fourth-order valence-corrected chi connectivity index (χ4v) is 2.93. The molecule has 5 nitrogen and oxygen atoms in total. The summed E-state index contributed by atoms with van der Waals surface area (Å²) < 4.78 is 0. The molecule has 3 aromatic rings. The fourth-order valence-electron chi connectivity index (χ4n) is 2.52. The first-order valence-electron chi connectivity index (χ1n) is 7.58. The molecule has 0 spiro atoms. The molecule has 0 fully saturated rings. The number of hydrogen-bond acceptors (Lipinski definition) is 3. The summed E-state index contributed by atoms with van der Waals surface area (Å²) in [5.41, 5.74) is 0.851. The lowest BCUT2D eigenvalue weighted by molar-refractivity contribution is 0.0697. The maximum Gasteiger partial charge on any atom is 0.337 e. The van der Waals surface area contributed by atoms with Crippen LogP contribution in [0, 0.1) is 0 Å². The Hall–Kier alpha value is -2.96. The van der Waals surface area contributed by atoms with Gasteiger partial charge in [-0.1, -0.05) is 48.0 Å². The molecule has 0 aliphatic heterocycles. The number of amides is 1. The van der Waals surface area contributed by atoms with Crippen LogP contribution in [0.1, 0.15) is 20.7 Å². The Morgan fingerprint density at radius 1 is 0.962 bits per heavy atom. The van der Waals surface area contributed by atoms with Gasteiger partial charge in [0.15, 0.2) is 5.11 Å². The number of anilines is 1. The minimum atomic E-state index is -1.15. The highest BCUT2D eigenvalue weighted by molar-refractivity contribution is 7.80. The van der Waals surface area contributed by atoms with Gasteiger partial charge in [-0.15, -0.1) is 0 Å². The number of hydrogen-bond donors (Lipinski definition) is 3. The zero-order chi connectivity index (χ0) is 18.7. The fraction of sp³-hybridized carbons (Fsp3) is 0. The largest absolute Gasteiger partial charge is 0.478 e. The molecule has 0 saturated heterocycles. The van der Waals surface area contributed by atoms with Crippen LogP contribution in [0.4, 0.5) is 5.69 Å². The SMILES string of the molecule is O=C(O)c1cc(NC(=S)NC(=O)c2cccc3ccccc23)ccc1Cl. The predicted molar refractivity (Wildman–Crippen MR) is 106 cm³/mol. The summed E-state index contributed by atoms with van der Waals surface area (Å²) in [6, 6.07) is 17.3. The van der Waals surface area contributed by atoms with Crippen molar-refractivity contribution < 1.29 is 14.7 Å². The van der Waals surface area contributed by atoms with Gasteiger partial charge >= 0.3 is 5.97 Å². The quantitative estimate of drug-likeness (QED) is 0.586. The van der Waals surface area contributed by atoms with Crippen molar-refractivity contribution in [2.24, 2.45) is 0 Å². The molecule has 0 atom stereocenters. The Balaban J connectivity index is 1.77. The second-order valence-corrected chi connectivity index (χ2v) is 6.25. The van der Waals surface area contributed by atoms with Gasteiger partial charge in [-0.05, 0) is 47.3 Å². The second-order valence-electron chi connectivity index (χ2n) is 5.43. The third-order valence-electron chi connectivity index (χ3n) is 3.72. The number of carboxylic acid groups (broad SMARTS) is 1. The maximum absolute atomic E-state index is 12.5. The lowest BCUT2D eigenvalue weighted by atomic mass is 10.0. The molecule has 0 aliphatic carbocycles. The Morgan fingerprint density at radius 2 is 1.69 bits per heavy atom. The number of aromatic carboxylic acids is 1. The number of carboxylic acids is 1. The number of halogens is 1. The standard InChI is InChI=1S/C19H13ClN2O3S/c20-16-9-8-12(10-15(16)18(24)25)21-19(26)22-17(23)14-7-3-5-11-4-1-2-6-13(11)14/h1-10H,(H,24,25)(H2,21,22,23,26). The van der Waals surface area contributed by atoms with Gasteiger partial charge in [0.25, 0.3) is 5.91 Å². The third-order valence-corrected chi connectivity index (χ3v) is 4.25. The highest BCUT2D eigenvalue weighted by Crippen LogP contribution is 2.21. The highest BCUT2D eigenvalue weighted by atomic mass is 35.5. The average Bonchev–Trinajstić information content (AvgIpc) is 2.62. The zero-order valence-electron chi connectivity index (χ0n) is 13.3. The first-order chi connectivity index (χ1) is 12.5. The van der Waals surface area contributed by atoms with Gasteiger partial charge in [0.05, 0.1) is 10.6 Å². The molecule has 0 heterocycles. The number of fused-ring (bicyclic) bond motifs is 1. The van der Waals surface area contributed by atoms with Crippen LogP contribution in [0.15, 0.2) is 60.7 Å². The van der Waals surface area contributed by atoms with E-state index in [4.69, 9.17) is 28.9 Å². The number of carbonyl (C=O) groups is 2. The third kappa shape index (κ3) is 3.82. The molecular weight excluding hydrogens is 372 g/mol. The molecule has 3 N–H and O–H groups in total. The van der Waals surface area contributed by atoms with Crippen LogP contribution in [-0.4, -0.2) is 22.1 Å². The molecule has 1 amide bonds.